The van der Waals surface area contributed by atoms with Gasteiger partial charge in [0.15, 0.2) is 0 Å². The number of hydrazone groups is 1. The third kappa shape index (κ3) is 3.02. The molecule has 0 bridgehead atoms. The highest BCUT2D eigenvalue weighted by Gasteiger charge is 2.09. The molecule has 0 saturated carbocycles. The Hall–Kier alpha value is -2.20. The zero-order valence-corrected chi connectivity index (χ0v) is 13.9. The number of anilines is 1. The second kappa shape index (κ2) is 6.28. The van der Waals surface area contributed by atoms with Crippen molar-refractivity contribution in [2.75, 3.05) is 11.6 Å². The zero-order valence-electron chi connectivity index (χ0n) is 13.1. The van der Waals surface area contributed by atoms with Crippen molar-refractivity contribution >= 4 is 32.9 Å². The first-order chi connectivity index (χ1) is 10.7. The Bertz CT molecular complexity index is 787. The van der Waals surface area contributed by atoms with Crippen LogP contribution in [0.2, 0.25) is 0 Å². The summed E-state index contributed by atoms with van der Waals surface area (Å²) < 4.78 is 1.19. The van der Waals surface area contributed by atoms with Crippen molar-refractivity contribution in [3.63, 3.8) is 0 Å². The van der Waals surface area contributed by atoms with Crippen LogP contribution < -0.4 is 5.01 Å². The van der Waals surface area contributed by atoms with Gasteiger partial charge in [0.1, 0.15) is 0 Å². The van der Waals surface area contributed by atoms with Crippen LogP contribution in [0.5, 0.6) is 0 Å². The quantitative estimate of drug-likeness (QED) is 0.513. The van der Waals surface area contributed by atoms with Gasteiger partial charge in [-0.05, 0) is 44.0 Å². The molecule has 0 aliphatic heterocycles. The Kier molecular flexibility index (Phi) is 4.20. The minimum absolute atomic E-state index is 0.793. The molecule has 3 rings (SSSR count). The molecule has 112 valence electrons. The number of hydrogen-bond donors (Lipinski definition) is 0. The van der Waals surface area contributed by atoms with Crippen LogP contribution >= 0.6 is 11.3 Å². The zero-order chi connectivity index (χ0) is 15.5. The summed E-state index contributed by atoms with van der Waals surface area (Å²) in [6, 6.07) is 14.6. The normalized spacial score (nSPS) is 11.4. The molecule has 22 heavy (non-hydrogen) atoms. The molecule has 0 saturated heterocycles. The molecule has 0 atom stereocenters. The first-order valence-electron chi connectivity index (χ1n) is 7.41. The molecule has 0 amide bonds. The summed E-state index contributed by atoms with van der Waals surface area (Å²) in [7, 11) is 0. The Balaban J connectivity index is 1.90. The topological polar surface area (TPSA) is 28.5 Å². The summed E-state index contributed by atoms with van der Waals surface area (Å²) >= 11 is 1.67. The molecule has 0 aliphatic carbocycles. The van der Waals surface area contributed by atoms with Crippen LogP contribution in [-0.2, 0) is 0 Å². The molecule has 4 heteroatoms. The number of aryl methyl sites for hydroxylation is 2. The molecule has 0 unspecified atom stereocenters. The van der Waals surface area contributed by atoms with Gasteiger partial charge < -0.3 is 0 Å². The van der Waals surface area contributed by atoms with E-state index in [4.69, 9.17) is 0 Å². The molecule has 3 aromatic rings. The van der Waals surface area contributed by atoms with Crippen molar-refractivity contribution in [1.29, 1.82) is 0 Å². The van der Waals surface area contributed by atoms with E-state index in [9.17, 15) is 0 Å². The molecule has 0 aliphatic rings. The van der Waals surface area contributed by atoms with Crippen LogP contribution in [0, 0.1) is 13.8 Å². The van der Waals surface area contributed by atoms with E-state index in [2.05, 4.69) is 55.1 Å². The Morgan fingerprint density at radius 1 is 1.18 bits per heavy atom. The number of hydrogen-bond acceptors (Lipinski definition) is 4. The number of rotatable bonds is 4. The van der Waals surface area contributed by atoms with Gasteiger partial charge in [0, 0.05) is 6.54 Å². The number of para-hydroxylation sites is 1. The largest absolute Gasteiger partial charge is 0.239 e. The van der Waals surface area contributed by atoms with E-state index < -0.39 is 0 Å². The third-order valence-corrected chi connectivity index (χ3v) is 4.62. The van der Waals surface area contributed by atoms with Crippen LogP contribution in [0.4, 0.5) is 5.13 Å². The van der Waals surface area contributed by atoms with Crippen LogP contribution in [0.25, 0.3) is 10.2 Å². The van der Waals surface area contributed by atoms with Crippen molar-refractivity contribution in [1.82, 2.24) is 4.98 Å². The van der Waals surface area contributed by atoms with Crippen LogP contribution in [-0.4, -0.2) is 17.7 Å². The number of thiazole rings is 1. The monoisotopic (exact) mass is 309 g/mol. The highest BCUT2D eigenvalue weighted by atomic mass is 32.1. The van der Waals surface area contributed by atoms with E-state index in [-0.39, 0.29) is 0 Å². The average molecular weight is 309 g/mol. The molecule has 2 aromatic carbocycles. The number of benzene rings is 2. The van der Waals surface area contributed by atoms with E-state index in [1.165, 1.54) is 15.8 Å². The third-order valence-electron chi connectivity index (χ3n) is 3.57. The van der Waals surface area contributed by atoms with E-state index in [0.29, 0.717) is 0 Å². The Morgan fingerprint density at radius 3 is 2.77 bits per heavy atom. The summed E-state index contributed by atoms with van der Waals surface area (Å²) in [6.45, 7) is 7.09. The van der Waals surface area contributed by atoms with Crippen molar-refractivity contribution in [3.05, 3.63) is 59.2 Å². The minimum atomic E-state index is 0.793. The lowest BCUT2D eigenvalue weighted by Gasteiger charge is -2.12. The Morgan fingerprint density at radius 2 is 2.00 bits per heavy atom. The molecule has 1 aromatic heterocycles. The van der Waals surface area contributed by atoms with E-state index in [0.717, 1.165) is 22.8 Å². The predicted octanol–water partition coefficient (Wildman–Crippen LogP) is 4.77. The van der Waals surface area contributed by atoms with Crippen LogP contribution in [0.1, 0.15) is 23.6 Å². The van der Waals surface area contributed by atoms with Crippen molar-refractivity contribution in [2.45, 2.75) is 20.8 Å². The minimum Gasteiger partial charge on any atom is -0.239 e. The number of aromatic nitrogens is 1. The number of fused-ring (bicyclic) bond motifs is 1. The molecular weight excluding hydrogens is 290 g/mol. The number of nitrogens with zero attached hydrogens (tertiary/aromatic N) is 3. The molecule has 0 spiro atoms. The standard InChI is InChI=1S/C18H19N3S/c1-4-21(18-20-16-7-5-6-8-17(16)22-18)19-12-15-11-13(2)9-10-14(15)3/h5-12H,4H2,1-3H3/b19-12+. The highest BCUT2D eigenvalue weighted by molar-refractivity contribution is 7.22. The van der Waals surface area contributed by atoms with Gasteiger partial charge in [-0.15, -0.1) is 0 Å². The van der Waals surface area contributed by atoms with Gasteiger partial charge in [0.05, 0.1) is 16.4 Å². The van der Waals surface area contributed by atoms with Gasteiger partial charge in [0.2, 0.25) is 5.13 Å². The second-order valence-electron chi connectivity index (χ2n) is 5.28. The second-order valence-corrected chi connectivity index (χ2v) is 6.29. The van der Waals surface area contributed by atoms with Crippen molar-refractivity contribution in [3.8, 4) is 0 Å². The SMILES string of the molecule is CCN(/N=C/c1cc(C)ccc1C)c1nc2ccccc2s1. The summed E-state index contributed by atoms with van der Waals surface area (Å²) in [5.74, 6) is 0. The lowest BCUT2D eigenvalue weighted by Crippen LogP contribution is -2.15. The van der Waals surface area contributed by atoms with Gasteiger partial charge in [-0.25, -0.2) is 9.99 Å². The summed E-state index contributed by atoms with van der Waals surface area (Å²) in [4.78, 5) is 4.67. The summed E-state index contributed by atoms with van der Waals surface area (Å²) in [5.41, 5.74) is 4.66. The molecule has 0 radical (unpaired) electrons. The molecule has 1 heterocycles. The van der Waals surface area contributed by atoms with Gasteiger partial charge in [-0.2, -0.15) is 5.10 Å². The Labute approximate surface area is 134 Å². The fourth-order valence-electron chi connectivity index (χ4n) is 2.27. The average Bonchev–Trinajstić information content (AvgIpc) is 2.95. The first kappa shape index (κ1) is 14.7. The fraction of sp³-hybridized carbons (Fsp3) is 0.222. The molecule has 0 fully saturated rings. The van der Waals surface area contributed by atoms with Crippen LogP contribution in [0.3, 0.4) is 0 Å². The maximum absolute atomic E-state index is 4.67. The maximum atomic E-state index is 4.67. The van der Waals surface area contributed by atoms with Gasteiger partial charge in [0.25, 0.3) is 0 Å². The molecular formula is C18H19N3S. The summed E-state index contributed by atoms with van der Waals surface area (Å²) in [5, 5.41) is 7.52. The van der Waals surface area contributed by atoms with E-state index >= 15 is 0 Å². The first-order valence-corrected chi connectivity index (χ1v) is 8.23. The predicted molar refractivity (Wildman–Crippen MR) is 96.2 cm³/mol. The van der Waals surface area contributed by atoms with Gasteiger partial charge in [-0.3, -0.25) is 0 Å². The lowest BCUT2D eigenvalue weighted by atomic mass is 10.1. The van der Waals surface area contributed by atoms with E-state index in [1.54, 1.807) is 11.3 Å². The highest BCUT2D eigenvalue weighted by Crippen LogP contribution is 2.28. The van der Waals surface area contributed by atoms with E-state index in [1.807, 2.05) is 29.4 Å². The van der Waals surface area contributed by atoms with Crippen molar-refractivity contribution < 1.29 is 0 Å². The lowest BCUT2D eigenvalue weighted by molar-refractivity contribution is 0.892. The molecule has 3 nitrogen and oxygen atoms in total. The fourth-order valence-corrected chi connectivity index (χ4v) is 3.25. The smallest absolute Gasteiger partial charge is 0.207 e. The molecule has 0 N–H and O–H groups in total. The van der Waals surface area contributed by atoms with Crippen molar-refractivity contribution in [2.24, 2.45) is 5.10 Å². The van der Waals surface area contributed by atoms with Gasteiger partial charge in [-0.1, -0.05) is 47.2 Å². The van der Waals surface area contributed by atoms with Gasteiger partial charge >= 0.3 is 0 Å². The maximum Gasteiger partial charge on any atom is 0.207 e. The van der Waals surface area contributed by atoms with Crippen LogP contribution in [0.15, 0.2) is 47.6 Å². The summed E-state index contributed by atoms with van der Waals surface area (Å²) in [6.07, 6.45) is 1.93.